The van der Waals surface area contributed by atoms with E-state index in [2.05, 4.69) is 21.5 Å². The van der Waals surface area contributed by atoms with Crippen molar-refractivity contribution < 1.29 is 4.52 Å². The van der Waals surface area contributed by atoms with Gasteiger partial charge in [-0.2, -0.15) is 0 Å². The Morgan fingerprint density at radius 2 is 2.00 bits per heavy atom. The minimum Gasteiger partial charge on any atom is -0.361 e. The van der Waals surface area contributed by atoms with E-state index in [1.165, 1.54) is 5.56 Å². The summed E-state index contributed by atoms with van der Waals surface area (Å²) in [5, 5.41) is 7.27. The smallest absolute Gasteiger partial charge is 0.138 e. The molecule has 0 amide bonds. The number of nitrogens with zero attached hydrogens (tertiary/aromatic N) is 2. The van der Waals surface area contributed by atoms with Crippen molar-refractivity contribution >= 4 is 0 Å². The van der Waals surface area contributed by atoms with Crippen LogP contribution in [0.5, 0.6) is 0 Å². The van der Waals surface area contributed by atoms with Crippen LogP contribution in [0.15, 0.2) is 22.9 Å². The predicted molar refractivity (Wildman–Crippen MR) is 65.5 cm³/mol. The van der Waals surface area contributed by atoms with Crippen LogP contribution in [0.25, 0.3) is 0 Å². The summed E-state index contributed by atoms with van der Waals surface area (Å²) < 4.78 is 5.11. The average molecular weight is 231 g/mol. The molecule has 2 aromatic heterocycles. The molecule has 2 heterocycles. The van der Waals surface area contributed by atoms with E-state index >= 15 is 0 Å². The number of hydrogen-bond donors (Lipinski definition) is 1. The highest BCUT2D eigenvalue weighted by Crippen LogP contribution is 2.11. The van der Waals surface area contributed by atoms with E-state index in [9.17, 15) is 0 Å². The van der Waals surface area contributed by atoms with Gasteiger partial charge in [0.2, 0.25) is 0 Å². The van der Waals surface area contributed by atoms with Gasteiger partial charge in [0.05, 0.1) is 11.4 Å². The van der Waals surface area contributed by atoms with Crippen LogP contribution in [0.2, 0.25) is 0 Å². The first kappa shape index (κ1) is 11.8. The van der Waals surface area contributed by atoms with Gasteiger partial charge in [-0.1, -0.05) is 11.2 Å². The van der Waals surface area contributed by atoms with Crippen molar-refractivity contribution in [2.75, 3.05) is 0 Å². The van der Waals surface area contributed by atoms with E-state index in [0.717, 1.165) is 35.8 Å². The number of aromatic nitrogens is 2. The molecule has 0 fully saturated rings. The van der Waals surface area contributed by atoms with Crippen LogP contribution >= 0.6 is 0 Å². The van der Waals surface area contributed by atoms with E-state index in [-0.39, 0.29) is 0 Å². The fraction of sp³-hybridized carbons (Fsp3) is 0.385. The van der Waals surface area contributed by atoms with Crippen LogP contribution in [0.1, 0.15) is 28.3 Å². The lowest BCUT2D eigenvalue weighted by Crippen LogP contribution is -2.14. The van der Waals surface area contributed by atoms with Crippen LogP contribution in [0.3, 0.4) is 0 Å². The molecule has 0 aliphatic carbocycles. The van der Waals surface area contributed by atoms with Gasteiger partial charge in [-0.25, -0.2) is 0 Å². The monoisotopic (exact) mass is 231 g/mol. The Hall–Kier alpha value is -1.68. The second kappa shape index (κ2) is 5.10. The predicted octanol–water partition coefficient (Wildman–Crippen LogP) is 2.28. The minimum atomic E-state index is 0.754. The molecule has 2 aromatic rings. The summed E-state index contributed by atoms with van der Waals surface area (Å²) in [6.45, 7) is 7.44. The van der Waals surface area contributed by atoms with E-state index in [0.29, 0.717) is 0 Å². The molecule has 0 unspecified atom stereocenters. The molecule has 1 N–H and O–H groups in total. The van der Waals surface area contributed by atoms with E-state index in [1.54, 1.807) is 0 Å². The number of rotatable bonds is 4. The van der Waals surface area contributed by atoms with Gasteiger partial charge in [0, 0.05) is 24.8 Å². The van der Waals surface area contributed by atoms with E-state index < -0.39 is 0 Å². The number of hydrogen-bond acceptors (Lipinski definition) is 4. The lowest BCUT2D eigenvalue weighted by molar-refractivity contribution is 0.392. The summed E-state index contributed by atoms with van der Waals surface area (Å²) in [5.41, 5.74) is 4.31. The topological polar surface area (TPSA) is 51.0 Å². The molecular weight excluding hydrogens is 214 g/mol. The molecule has 0 radical (unpaired) electrons. The Morgan fingerprint density at radius 1 is 1.18 bits per heavy atom. The summed E-state index contributed by atoms with van der Waals surface area (Å²) >= 11 is 0. The fourth-order valence-corrected chi connectivity index (χ4v) is 1.67. The van der Waals surface area contributed by atoms with E-state index in [1.807, 2.05) is 33.0 Å². The molecule has 4 nitrogen and oxygen atoms in total. The first-order valence-electron chi connectivity index (χ1n) is 5.71. The van der Waals surface area contributed by atoms with Crippen LogP contribution in [0.4, 0.5) is 0 Å². The summed E-state index contributed by atoms with van der Waals surface area (Å²) in [6, 6.07) is 4.11. The molecule has 0 saturated heterocycles. The molecule has 0 atom stereocenters. The van der Waals surface area contributed by atoms with Gasteiger partial charge in [0.15, 0.2) is 0 Å². The van der Waals surface area contributed by atoms with Gasteiger partial charge < -0.3 is 9.84 Å². The Balaban J connectivity index is 1.90. The van der Waals surface area contributed by atoms with Gasteiger partial charge in [-0.3, -0.25) is 4.98 Å². The minimum absolute atomic E-state index is 0.754. The Kier molecular flexibility index (Phi) is 3.54. The maximum Gasteiger partial charge on any atom is 0.138 e. The first-order chi connectivity index (χ1) is 8.16. The second-order valence-electron chi connectivity index (χ2n) is 4.23. The molecule has 0 aromatic carbocycles. The molecule has 0 bridgehead atoms. The average Bonchev–Trinajstić information content (AvgIpc) is 2.63. The molecule has 0 aliphatic rings. The van der Waals surface area contributed by atoms with Gasteiger partial charge in [-0.05, 0) is 32.4 Å². The highest BCUT2D eigenvalue weighted by molar-refractivity contribution is 5.20. The largest absolute Gasteiger partial charge is 0.361 e. The highest BCUT2D eigenvalue weighted by atomic mass is 16.5. The molecule has 90 valence electrons. The first-order valence-corrected chi connectivity index (χ1v) is 5.71. The zero-order valence-electron chi connectivity index (χ0n) is 10.4. The summed E-state index contributed by atoms with van der Waals surface area (Å²) in [4.78, 5) is 4.34. The van der Waals surface area contributed by atoms with Crippen molar-refractivity contribution in [3.63, 3.8) is 0 Å². The van der Waals surface area contributed by atoms with Crippen molar-refractivity contribution in [3.05, 3.63) is 46.6 Å². The molecule has 0 aliphatic heterocycles. The quantitative estimate of drug-likeness (QED) is 0.877. The molecular formula is C13H17N3O. The molecule has 17 heavy (non-hydrogen) atoms. The Labute approximate surface area is 101 Å². The van der Waals surface area contributed by atoms with Crippen LogP contribution < -0.4 is 5.32 Å². The molecule has 4 heteroatoms. The Morgan fingerprint density at radius 3 is 2.59 bits per heavy atom. The van der Waals surface area contributed by atoms with Crippen molar-refractivity contribution in [1.82, 2.24) is 15.5 Å². The zero-order chi connectivity index (χ0) is 12.3. The summed E-state index contributed by atoms with van der Waals surface area (Å²) in [6.07, 6.45) is 1.88. The van der Waals surface area contributed by atoms with Crippen LogP contribution in [0, 0.1) is 20.8 Å². The van der Waals surface area contributed by atoms with Gasteiger partial charge >= 0.3 is 0 Å². The fourth-order valence-electron chi connectivity index (χ4n) is 1.67. The maximum atomic E-state index is 5.11. The lowest BCUT2D eigenvalue weighted by atomic mass is 10.2. The zero-order valence-corrected chi connectivity index (χ0v) is 10.4. The van der Waals surface area contributed by atoms with Gasteiger partial charge in [-0.15, -0.1) is 0 Å². The van der Waals surface area contributed by atoms with Crippen LogP contribution in [-0.2, 0) is 13.1 Å². The number of aryl methyl sites for hydroxylation is 3. The molecule has 0 spiro atoms. The molecule has 2 rings (SSSR count). The van der Waals surface area contributed by atoms with Crippen molar-refractivity contribution in [3.8, 4) is 0 Å². The third-order valence-corrected chi connectivity index (χ3v) is 2.76. The Bertz CT molecular complexity index is 468. The second-order valence-corrected chi connectivity index (χ2v) is 4.23. The van der Waals surface area contributed by atoms with Crippen molar-refractivity contribution in [2.24, 2.45) is 0 Å². The van der Waals surface area contributed by atoms with Gasteiger partial charge in [0.1, 0.15) is 5.76 Å². The molecule has 0 saturated carbocycles. The summed E-state index contributed by atoms with van der Waals surface area (Å²) in [5.74, 6) is 0.881. The lowest BCUT2D eigenvalue weighted by Gasteiger charge is -2.04. The maximum absolute atomic E-state index is 5.11. The number of pyridine rings is 1. The van der Waals surface area contributed by atoms with E-state index in [4.69, 9.17) is 4.52 Å². The van der Waals surface area contributed by atoms with Gasteiger partial charge in [0.25, 0.3) is 0 Å². The SMILES string of the molecule is Cc1ccc(CNCc2c(C)noc2C)nc1. The number of nitrogens with one attached hydrogen (secondary N) is 1. The van der Waals surface area contributed by atoms with Crippen molar-refractivity contribution in [1.29, 1.82) is 0 Å². The van der Waals surface area contributed by atoms with Crippen molar-refractivity contribution in [2.45, 2.75) is 33.9 Å². The standard InChI is InChI=1S/C13H17N3O/c1-9-4-5-12(15-6-9)7-14-8-13-10(2)16-17-11(13)3/h4-6,14H,7-8H2,1-3H3. The third kappa shape index (κ3) is 2.91. The normalized spacial score (nSPS) is 10.8. The van der Waals surface area contributed by atoms with Crippen LogP contribution in [-0.4, -0.2) is 10.1 Å². The highest BCUT2D eigenvalue weighted by Gasteiger charge is 2.07. The third-order valence-electron chi connectivity index (χ3n) is 2.76. The summed E-state index contributed by atoms with van der Waals surface area (Å²) in [7, 11) is 0.